The van der Waals surface area contributed by atoms with Crippen LogP contribution in [0.15, 0.2) is 54.6 Å². The molecule has 0 aromatic heterocycles. The Morgan fingerprint density at radius 2 is 1.67 bits per heavy atom. The van der Waals surface area contributed by atoms with Gasteiger partial charge in [0.25, 0.3) is 0 Å². The Bertz CT molecular complexity index is 552. The fraction of sp³-hybridized carbons (Fsp3) is 0.400. The zero-order valence-corrected chi connectivity index (χ0v) is 13.0. The van der Waals surface area contributed by atoms with Crippen molar-refractivity contribution in [3.8, 4) is 0 Å². The van der Waals surface area contributed by atoms with Gasteiger partial charge in [-0.1, -0.05) is 67.1 Å². The minimum absolute atomic E-state index is 0.588. The van der Waals surface area contributed by atoms with Crippen molar-refractivity contribution in [2.45, 2.75) is 44.6 Å². The minimum atomic E-state index is 0.588. The topological polar surface area (TPSA) is 12.0 Å². The third-order valence-corrected chi connectivity index (χ3v) is 4.77. The zero-order chi connectivity index (χ0) is 14.7. The molecule has 1 N–H and O–H groups in total. The number of hydrogen-bond acceptors (Lipinski definition) is 1. The number of aryl methyl sites for hydroxylation is 1. The largest absolute Gasteiger partial charge is 0.313 e. The highest BCUT2D eigenvalue weighted by molar-refractivity contribution is 5.27. The third kappa shape index (κ3) is 3.54. The summed E-state index contributed by atoms with van der Waals surface area (Å²) < 4.78 is 0. The Balaban J connectivity index is 1.44. The van der Waals surface area contributed by atoms with Crippen molar-refractivity contribution in [1.82, 2.24) is 5.32 Å². The predicted octanol–water partition coefficient (Wildman–Crippen LogP) is 4.63. The van der Waals surface area contributed by atoms with Crippen LogP contribution in [-0.4, -0.2) is 12.6 Å². The lowest BCUT2D eigenvalue weighted by atomic mass is 9.75. The van der Waals surface area contributed by atoms with Crippen molar-refractivity contribution in [2.24, 2.45) is 0 Å². The number of benzene rings is 2. The molecule has 1 nitrogen and oxygen atoms in total. The van der Waals surface area contributed by atoms with Gasteiger partial charge in [-0.2, -0.15) is 0 Å². The first-order valence-corrected chi connectivity index (χ1v) is 8.07. The molecule has 3 rings (SSSR count). The number of hydrogen-bond donors (Lipinski definition) is 1. The molecule has 0 bridgehead atoms. The lowest BCUT2D eigenvalue weighted by Crippen LogP contribution is -2.41. The smallest absolute Gasteiger partial charge is 0.00789 e. The summed E-state index contributed by atoms with van der Waals surface area (Å²) in [4.78, 5) is 0. The maximum atomic E-state index is 3.73. The second-order valence-electron chi connectivity index (χ2n) is 6.50. The molecule has 1 unspecified atom stereocenters. The summed E-state index contributed by atoms with van der Waals surface area (Å²) in [6.45, 7) is 5.54. The van der Waals surface area contributed by atoms with Crippen molar-refractivity contribution in [3.05, 3.63) is 71.3 Å². The van der Waals surface area contributed by atoms with Gasteiger partial charge in [-0.3, -0.25) is 0 Å². The van der Waals surface area contributed by atoms with Gasteiger partial charge in [0, 0.05) is 12.6 Å². The number of rotatable bonds is 5. The van der Waals surface area contributed by atoms with E-state index in [0.717, 1.165) is 12.5 Å². The second-order valence-corrected chi connectivity index (χ2v) is 6.50. The molecule has 0 aliphatic heterocycles. The highest BCUT2D eigenvalue weighted by Crippen LogP contribution is 2.37. The average Bonchev–Trinajstić information content (AvgIpc) is 2.48. The van der Waals surface area contributed by atoms with Crippen LogP contribution in [0, 0.1) is 6.92 Å². The molecule has 110 valence electrons. The van der Waals surface area contributed by atoms with E-state index in [4.69, 9.17) is 0 Å². The van der Waals surface area contributed by atoms with Crippen LogP contribution < -0.4 is 5.32 Å². The molecule has 1 heteroatoms. The van der Waals surface area contributed by atoms with E-state index in [1.54, 1.807) is 0 Å². The van der Waals surface area contributed by atoms with Crippen molar-refractivity contribution in [2.75, 3.05) is 6.54 Å². The van der Waals surface area contributed by atoms with Crippen LogP contribution in [0.5, 0.6) is 0 Å². The molecular weight excluding hydrogens is 254 g/mol. The van der Waals surface area contributed by atoms with Gasteiger partial charge in [0.1, 0.15) is 0 Å². The molecule has 1 aliphatic rings. The summed E-state index contributed by atoms with van der Waals surface area (Å²) in [5.41, 5.74) is 4.29. The average molecular weight is 279 g/mol. The van der Waals surface area contributed by atoms with E-state index in [1.165, 1.54) is 29.5 Å². The van der Waals surface area contributed by atoms with Crippen molar-refractivity contribution in [1.29, 1.82) is 0 Å². The molecule has 1 atom stereocenters. The molecule has 0 radical (unpaired) electrons. The van der Waals surface area contributed by atoms with Crippen LogP contribution in [0.3, 0.4) is 0 Å². The molecule has 1 aliphatic carbocycles. The molecule has 0 saturated heterocycles. The molecule has 2 aromatic carbocycles. The first-order chi connectivity index (χ1) is 10.2. The molecule has 1 fully saturated rings. The lowest BCUT2D eigenvalue weighted by molar-refractivity contribution is 0.287. The van der Waals surface area contributed by atoms with E-state index in [9.17, 15) is 0 Å². The van der Waals surface area contributed by atoms with Crippen molar-refractivity contribution >= 4 is 0 Å². The van der Waals surface area contributed by atoms with E-state index in [-0.39, 0.29) is 0 Å². The van der Waals surface area contributed by atoms with Gasteiger partial charge in [-0.15, -0.1) is 0 Å². The van der Waals surface area contributed by atoms with Crippen LogP contribution >= 0.6 is 0 Å². The number of nitrogens with one attached hydrogen (secondary N) is 1. The quantitative estimate of drug-likeness (QED) is 0.841. The van der Waals surface area contributed by atoms with Gasteiger partial charge in [-0.25, -0.2) is 0 Å². The molecule has 1 saturated carbocycles. The van der Waals surface area contributed by atoms with Gasteiger partial charge in [0.2, 0.25) is 0 Å². The van der Waals surface area contributed by atoms with E-state index < -0.39 is 0 Å². The fourth-order valence-electron chi connectivity index (χ4n) is 3.14. The Morgan fingerprint density at radius 3 is 2.33 bits per heavy atom. The SMILES string of the molecule is Cc1ccc(C2CC(NCC(C)c3ccccc3)C2)cc1. The van der Waals surface area contributed by atoms with Gasteiger partial charge < -0.3 is 5.32 Å². The summed E-state index contributed by atoms with van der Waals surface area (Å²) in [6, 6.07) is 20.5. The normalized spacial score (nSPS) is 22.6. The van der Waals surface area contributed by atoms with Crippen LogP contribution in [0.4, 0.5) is 0 Å². The van der Waals surface area contributed by atoms with E-state index in [2.05, 4.69) is 73.8 Å². The predicted molar refractivity (Wildman–Crippen MR) is 89.8 cm³/mol. The van der Waals surface area contributed by atoms with Crippen LogP contribution in [0.25, 0.3) is 0 Å². The van der Waals surface area contributed by atoms with Crippen LogP contribution in [-0.2, 0) is 0 Å². The Hall–Kier alpha value is -1.60. The lowest BCUT2D eigenvalue weighted by Gasteiger charge is -2.37. The molecule has 0 spiro atoms. The van der Waals surface area contributed by atoms with E-state index in [1.807, 2.05) is 0 Å². The maximum absolute atomic E-state index is 3.73. The summed E-state index contributed by atoms with van der Waals surface area (Å²) in [5.74, 6) is 1.35. The van der Waals surface area contributed by atoms with E-state index >= 15 is 0 Å². The Morgan fingerprint density at radius 1 is 1.00 bits per heavy atom. The highest BCUT2D eigenvalue weighted by Gasteiger charge is 2.29. The second kappa shape index (κ2) is 6.44. The molecule has 21 heavy (non-hydrogen) atoms. The minimum Gasteiger partial charge on any atom is -0.313 e. The molecule has 0 heterocycles. The van der Waals surface area contributed by atoms with E-state index in [0.29, 0.717) is 12.0 Å². The standard InChI is InChI=1S/C20H25N/c1-15-8-10-18(11-9-15)19-12-20(13-19)21-14-16(2)17-6-4-3-5-7-17/h3-11,16,19-21H,12-14H2,1-2H3. The third-order valence-electron chi connectivity index (χ3n) is 4.77. The van der Waals surface area contributed by atoms with Gasteiger partial charge in [0.15, 0.2) is 0 Å². The summed E-state index contributed by atoms with van der Waals surface area (Å²) in [5, 5.41) is 3.73. The van der Waals surface area contributed by atoms with Gasteiger partial charge in [-0.05, 0) is 42.7 Å². The monoisotopic (exact) mass is 279 g/mol. The van der Waals surface area contributed by atoms with Crippen LogP contribution in [0.1, 0.15) is 48.3 Å². The van der Waals surface area contributed by atoms with Crippen LogP contribution in [0.2, 0.25) is 0 Å². The van der Waals surface area contributed by atoms with Gasteiger partial charge >= 0.3 is 0 Å². The Labute approximate surface area is 128 Å². The first-order valence-electron chi connectivity index (χ1n) is 8.07. The fourth-order valence-corrected chi connectivity index (χ4v) is 3.14. The van der Waals surface area contributed by atoms with Crippen molar-refractivity contribution < 1.29 is 0 Å². The molecule has 0 amide bonds. The van der Waals surface area contributed by atoms with Gasteiger partial charge in [0.05, 0.1) is 0 Å². The zero-order valence-electron chi connectivity index (χ0n) is 13.0. The summed E-state index contributed by atoms with van der Waals surface area (Å²) in [7, 11) is 0. The molecule has 2 aromatic rings. The first kappa shape index (κ1) is 14.3. The summed E-state index contributed by atoms with van der Waals surface area (Å²) in [6.07, 6.45) is 2.56. The molecular formula is C20H25N. The maximum Gasteiger partial charge on any atom is 0.00789 e. The Kier molecular flexibility index (Phi) is 4.40. The highest BCUT2D eigenvalue weighted by atomic mass is 14.9. The van der Waals surface area contributed by atoms with Crippen molar-refractivity contribution in [3.63, 3.8) is 0 Å². The summed E-state index contributed by atoms with van der Waals surface area (Å²) >= 11 is 0.